The number of nitrogen functional groups attached to an aromatic ring is 1. The lowest BCUT2D eigenvalue weighted by atomic mass is 9.93. The topological polar surface area (TPSA) is 94.4 Å². The number of H-pyrrole nitrogens is 1. The number of nitrogens with zero attached hydrogens (tertiary/aromatic N) is 5. The average Bonchev–Trinajstić information content (AvgIpc) is 3.33. The van der Waals surface area contributed by atoms with Gasteiger partial charge in [-0.1, -0.05) is 0 Å². The van der Waals surface area contributed by atoms with Gasteiger partial charge in [0.2, 0.25) is 5.91 Å². The minimum Gasteiger partial charge on any atom is -0.342 e. The molecule has 38 heavy (non-hydrogen) atoms. The van der Waals surface area contributed by atoms with Crippen LogP contribution >= 0.6 is 0 Å². The Bertz CT molecular complexity index is 1420. The first-order chi connectivity index (χ1) is 18.5. The maximum atomic E-state index is 13.6. The lowest BCUT2D eigenvalue weighted by Gasteiger charge is -2.38. The largest absolute Gasteiger partial charge is 0.342 e. The van der Waals surface area contributed by atoms with Gasteiger partial charge >= 0.3 is 0 Å². The van der Waals surface area contributed by atoms with Gasteiger partial charge in [0.15, 0.2) is 5.65 Å². The highest BCUT2D eigenvalue weighted by molar-refractivity contribution is 5.79. The van der Waals surface area contributed by atoms with Crippen molar-refractivity contribution in [3.05, 3.63) is 72.3 Å². The molecule has 1 aromatic carbocycles. The standard InChI is InChI=1S/C29H32FN7O/c30-23-5-3-21(4-6-23)27-34-25-2-1-12-33-28(25)37(27)24-10-16-36(17-11-24)29(38)22-8-14-35(15-9-22)19-20-7-13-32-26(31)18-20/h1-7,12-13,18,22,24H,8-11,14-17,19H2,(H2,31,32)/p+1. The number of carbonyl (C=O) groups excluding carboxylic acids is 1. The van der Waals surface area contributed by atoms with Crippen molar-refractivity contribution in [3.63, 3.8) is 0 Å². The molecule has 8 nitrogen and oxygen atoms in total. The molecule has 1 amide bonds. The Labute approximate surface area is 221 Å². The summed E-state index contributed by atoms with van der Waals surface area (Å²) >= 11 is 0. The molecule has 3 N–H and O–H groups in total. The van der Waals surface area contributed by atoms with Gasteiger partial charge in [-0.3, -0.25) is 15.4 Å². The van der Waals surface area contributed by atoms with Crippen LogP contribution in [0.3, 0.4) is 0 Å². The summed E-state index contributed by atoms with van der Waals surface area (Å²) < 4.78 is 15.8. The first kappa shape index (κ1) is 24.5. The van der Waals surface area contributed by atoms with Crippen LogP contribution in [0, 0.1) is 11.7 Å². The number of fused-ring (bicyclic) bond motifs is 1. The number of benzene rings is 1. The Hall–Kier alpha value is -3.85. The van der Waals surface area contributed by atoms with Crippen molar-refractivity contribution in [3.8, 4) is 11.4 Å². The number of rotatable bonds is 5. The van der Waals surface area contributed by atoms with E-state index >= 15 is 0 Å². The van der Waals surface area contributed by atoms with Crippen molar-refractivity contribution in [2.45, 2.75) is 38.3 Å². The number of hydrogen-bond donors (Lipinski definition) is 1. The number of pyridine rings is 2. The normalized spacial score (nSPS) is 17.8. The number of nitrogens with two attached hydrogens (primary N) is 1. The van der Waals surface area contributed by atoms with Crippen LogP contribution in [-0.2, 0) is 11.3 Å². The van der Waals surface area contributed by atoms with E-state index in [2.05, 4.69) is 30.4 Å². The van der Waals surface area contributed by atoms with E-state index in [1.807, 2.05) is 24.4 Å². The summed E-state index contributed by atoms with van der Waals surface area (Å²) in [7, 11) is 0. The zero-order valence-electron chi connectivity index (χ0n) is 21.4. The maximum absolute atomic E-state index is 13.6. The first-order valence-electron chi connectivity index (χ1n) is 13.4. The molecule has 0 bridgehead atoms. The lowest BCUT2D eigenvalue weighted by molar-refractivity contribution is -0.360. The van der Waals surface area contributed by atoms with Crippen LogP contribution in [0.5, 0.6) is 0 Å². The molecule has 0 radical (unpaired) electrons. The fourth-order valence-electron chi connectivity index (χ4n) is 5.91. The highest BCUT2D eigenvalue weighted by Gasteiger charge is 2.32. The van der Waals surface area contributed by atoms with Gasteiger partial charge in [0, 0.05) is 49.4 Å². The molecular formula is C29H33FN7O+. The third kappa shape index (κ3) is 4.98. The second-order valence-electron chi connectivity index (χ2n) is 10.4. The summed E-state index contributed by atoms with van der Waals surface area (Å²) in [5, 5.41) is 0. The molecule has 3 aromatic heterocycles. The van der Waals surface area contributed by atoms with Crippen molar-refractivity contribution < 1.29 is 14.2 Å². The molecular weight excluding hydrogens is 481 g/mol. The summed E-state index contributed by atoms with van der Waals surface area (Å²) in [4.78, 5) is 30.3. The van der Waals surface area contributed by atoms with Crippen molar-refractivity contribution in [2.24, 2.45) is 5.92 Å². The molecule has 196 valence electrons. The predicted molar refractivity (Wildman–Crippen MR) is 143 cm³/mol. The average molecular weight is 515 g/mol. The summed E-state index contributed by atoms with van der Waals surface area (Å²) in [6, 6.07) is 14.5. The Morgan fingerprint density at radius 2 is 1.79 bits per heavy atom. The number of aromatic nitrogens is 4. The van der Waals surface area contributed by atoms with Crippen LogP contribution < -0.4 is 10.7 Å². The number of carbonyl (C=O) groups is 1. The van der Waals surface area contributed by atoms with Gasteiger partial charge in [0.25, 0.3) is 5.82 Å². The number of aromatic amines is 1. The van der Waals surface area contributed by atoms with E-state index in [0.29, 0.717) is 5.82 Å². The van der Waals surface area contributed by atoms with E-state index in [0.717, 1.165) is 81.0 Å². The molecule has 6 rings (SSSR count). The van der Waals surface area contributed by atoms with Crippen LogP contribution in [0.2, 0.25) is 0 Å². The third-order valence-corrected chi connectivity index (χ3v) is 7.92. The van der Waals surface area contributed by atoms with Crippen LogP contribution in [0.4, 0.5) is 10.2 Å². The zero-order valence-corrected chi connectivity index (χ0v) is 21.4. The molecule has 0 aliphatic carbocycles. The summed E-state index contributed by atoms with van der Waals surface area (Å²) in [5.41, 5.74) is 9.59. The van der Waals surface area contributed by atoms with E-state index in [9.17, 15) is 9.18 Å². The molecule has 5 heterocycles. The Kier molecular flexibility index (Phi) is 6.76. The van der Waals surface area contributed by atoms with Gasteiger partial charge in [-0.05, 0) is 86.8 Å². The molecule has 2 aliphatic heterocycles. The first-order valence-corrected chi connectivity index (χ1v) is 13.4. The summed E-state index contributed by atoms with van der Waals surface area (Å²) in [5.74, 6) is 1.57. The van der Waals surface area contributed by atoms with Crippen LogP contribution in [0.25, 0.3) is 22.6 Å². The number of nitrogens with one attached hydrogen (secondary N) is 1. The summed E-state index contributed by atoms with van der Waals surface area (Å²) in [6.45, 7) is 4.13. The third-order valence-electron chi connectivity index (χ3n) is 7.92. The number of anilines is 1. The maximum Gasteiger partial charge on any atom is 0.270 e. The van der Waals surface area contributed by atoms with Gasteiger partial charge in [-0.25, -0.2) is 19.3 Å². The molecule has 4 aromatic rings. The highest BCUT2D eigenvalue weighted by atomic mass is 19.1. The molecule has 0 unspecified atom stereocenters. The zero-order chi connectivity index (χ0) is 26.1. The van der Waals surface area contributed by atoms with Crippen molar-refractivity contribution in [1.82, 2.24) is 24.3 Å². The fraction of sp³-hybridized carbons (Fsp3) is 0.379. The van der Waals surface area contributed by atoms with Gasteiger partial charge in [-0.15, -0.1) is 0 Å². The van der Waals surface area contributed by atoms with Crippen LogP contribution in [-0.4, -0.2) is 56.4 Å². The van der Waals surface area contributed by atoms with Gasteiger partial charge in [0.1, 0.15) is 17.2 Å². The molecule has 0 spiro atoms. The number of halogens is 1. The molecule has 0 saturated carbocycles. The number of likely N-dealkylation sites (tertiary alicyclic amines) is 2. The van der Waals surface area contributed by atoms with Crippen LogP contribution in [0.1, 0.15) is 37.3 Å². The fourth-order valence-corrected chi connectivity index (χ4v) is 5.91. The predicted octanol–water partition coefficient (Wildman–Crippen LogP) is 3.71. The highest BCUT2D eigenvalue weighted by Crippen LogP contribution is 2.33. The van der Waals surface area contributed by atoms with Crippen molar-refractivity contribution >= 4 is 22.9 Å². The summed E-state index contributed by atoms with van der Waals surface area (Å²) in [6.07, 6.45) is 7.11. The van der Waals surface area contributed by atoms with Gasteiger partial charge in [0.05, 0.1) is 6.20 Å². The van der Waals surface area contributed by atoms with E-state index in [1.54, 1.807) is 18.3 Å². The Morgan fingerprint density at radius 1 is 1.03 bits per heavy atom. The molecule has 0 atom stereocenters. The van der Waals surface area contributed by atoms with Gasteiger partial charge < -0.3 is 9.47 Å². The minimum absolute atomic E-state index is 0.0856. The van der Waals surface area contributed by atoms with E-state index in [4.69, 9.17) is 10.7 Å². The van der Waals surface area contributed by atoms with Crippen molar-refractivity contribution in [1.29, 1.82) is 0 Å². The van der Waals surface area contributed by atoms with Crippen molar-refractivity contribution in [2.75, 3.05) is 31.9 Å². The number of hydrogen-bond acceptors (Lipinski definition) is 5. The molecule has 2 fully saturated rings. The molecule has 9 heteroatoms. The number of piperidine rings is 2. The smallest absolute Gasteiger partial charge is 0.270 e. The monoisotopic (exact) mass is 514 g/mol. The SMILES string of the molecule is Nc1cc(CN2CCC(C(=O)N3CCC(n4c(-c5ccc(F)cc5)nc5cccnc54)CC3)CC2)cc[nH+]1. The molecule has 2 saturated heterocycles. The van der Waals surface area contributed by atoms with E-state index in [-0.39, 0.29) is 23.7 Å². The second-order valence-corrected chi connectivity index (χ2v) is 10.4. The Morgan fingerprint density at radius 3 is 2.53 bits per heavy atom. The molecule has 2 aliphatic rings. The number of imidazole rings is 1. The van der Waals surface area contributed by atoms with E-state index < -0.39 is 0 Å². The van der Waals surface area contributed by atoms with Crippen LogP contribution in [0.15, 0.2) is 60.9 Å². The quantitative estimate of drug-likeness (QED) is 0.438. The lowest BCUT2D eigenvalue weighted by Crippen LogP contribution is -2.45. The number of amides is 1. The van der Waals surface area contributed by atoms with E-state index in [1.165, 1.54) is 17.7 Å². The second kappa shape index (κ2) is 10.5. The minimum atomic E-state index is -0.268. The van der Waals surface area contributed by atoms with Gasteiger partial charge in [-0.2, -0.15) is 0 Å². The Balaban J connectivity index is 1.10.